The molecule has 0 heterocycles. The van der Waals surface area contributed by atoms with Crippen LogP contribution in [0.5, 0.6) is 0 Å². The lowest BCUT2D eigenvalue weighted by atomic mass is 11.2. The standard InChI is InChI=1S/C3H7NOS/c1-6-3-2-5-4/h2-3H,4H2,1H3. The average molecular weight is 105 g/mol. The van der Waals surface area contributed by atoms with Crippen LogP contribution in [0.1, 0.15) is 0 Å². The summed E-state index contributed by atoms with van der Waals surface area (Å²) in [5.74, 6) is 4.61. The van der Waals surface area contributed by atoms with E-state index in [2.05, 4.69) is 10.7 Å². The van der Waals surface area contributed by atoms with Crippen LogP contribution in [-0.2, 0) is 4.84 Å². The topological polar surface area (TPSA) is 35.2 Å². The van der Waals surface area contributed by atoms with E-state index in [9.17, 15) is 0 Å². The fraction of sp³-hybridized carbons (Fsp3) is 0.333. The molecule has 6 heavy (non-hydrogen) atoms. The monoisotopic (exact) mass is 105 g/mol. The predicted molar refractivity (Wildman–Crippen MR) is 27.9 cm³/mol. The lowest BCUT2D eigenvalue weighted by Crippen LogP contribution is -1.86. The zero-order chi connectivity index (χ0) is 4.83. The van der Waals surface area contributed by atoms with Crippen molar-refractivity contribution in [3.8, 4) is 0 Å². The largest absolute Gasteiger partial charge is 0.419 e. The summed E-state index contributed by atoms with van der Waals surface area (Å²) in [6, 6.07) is 0. The van der Waals surface area contributed by atoms with Crippen LogP contribution in [0.4, 0.5) is 0 Å². The Hall–Kier alpha value is -0.150. The van der Waals surface area contributed by atoms with Gasteiger partial charge in [0.2, 0.25) is 0 Å². The molecule has 0 radical (unpaired) electrons. The second-order valence-corrected chi connectivity index (χ2v) is 1.39. The Morgan fingerprint density at radius 2 is 2.50 bits per heavy atom. The number of hydrogen-bond donors (Lipinski definition) is 1. The smallest absolute Gasteiger partial charge is 0.117 e. The fourth-order valence-electron chi connectivity index (χ4n) is 0.0876. The van der Waals surface area contributed by atoms with E-state index in [1.807, 2.05) is 6.26 Å². The molecule has 36 valence electrons. The molecule has 0 fully saturated rings. The van der Waals surface area contributed by atoms with Gasteiger partial charge in [0.15, 0.2) is 0 Å². The van der Waals surface area contributed by atoms with Gasteiger partial charge in [-0.2, -0.15) is 5.90 Å². The van der Waals surface area contributed by atoms with Crippen LogP contribution < -0.4 is 5.90 Å². The summed E-state index contributed by atoms with van der Waals surface area (Å²) < 4.78 is 0. The van der Waals surface area contributed by atoms with Crippen LogP contribution in [0.2, 0.25) is 0 Å². The maximum absolute atomic E-state index is 4.61. The third-order valence-corrected chi connectivity index (χ3v) is 0.653. The van der Waals surface area contributed by atoms with Crippen LogP contribution in [0.3, 0.4) is 0 Å². The summed E-state index contributed by atoms with van der Waals surface area (Å²) in [4.78, 5) is 4.08. The van der Waals surface area contributed by atoms with Crippen molar-refractivity contribution in [1.29, 1.82) is 0 Å². The second-order valence-electron chi connectivity index (χ2n) is 0.644. The predicted octanol–water partition coefficient (Wildman–Crippen LogP) is 0.711. The van der Waals surface area contributed by atoms with Crippen LogP contribution in [0, 0.1) is 0 Å². The number of rotatable bonds is 2. The third-order valence-electron chi connectivity index (χ3n) is 0.270. The Morgan fingerprint density at radius 1 is 1.83 bits per heavy atom. The van der Waals surface area contributed by atoms with E-state index in [1.54, 1.807) is 17.2 Å². The van der Waals surface area contributed by atoms with Gasteiger partial charge in [0.05, 0.1) is 0 Å². The van der Waals surface area contributed by atoms with E-state index in [0.717, 1.165) is 0 Å². The fourth-order valence-corrected chi connectivity index (χ4v) is 0.263. The molecular weight excluding hydrogens is 98.1 g/mol. The first kappa shape index (κ1) is 5.85. The maximum atomic E-state index is 4.61. The third kappa shape index (κ3) is 3.85. The normalized spacial score (nSPS) is 9.67. The van der Waals surface area contributed by atoms with Crippen LogP contribution in [-0.4, -0.2) is 6.26 Å². The molecule has 0 aliphatic heterocycles. The van der Waals surface area contributed by atoms with E-state index in [1.165, 1.54) is 6.26 Å². The zero-order valence-electron chi connectivity index (χ0n) is 3.55. The molecule has 0 rings (SSSR count). The van der Waals surface area contributed by atoms with Gasteiger partial charge in [-0.3, -0.25) is 0 Å². The number of nitrogens with two attached hydrogens (primary N) is 1. The first-order valence-corrected chi connectivity index (χ1v) is 2.74. The SMILES string of the molecule is CSC=CON. The molecule has 0 unspecified atom stereocenters. The van der Waals surface area contributed by atoms with Crippen molar-refractivity contribution in [3.05, 3.63) is 11.7 Å². The molecule has 0 aliphatic carbocycles. The van der Waals surface area contributed by atoms with Gasteiger partial charge in [0.25, 0.3) is 0 Å². The second kappa shape index (κ2) is 4.85. The van der Waals surface area contributed by atoms with E-state index >= 15 is 0 Å². The molecule has 0 saturated carbocycles. The molecule has 0 aromatic carbocycles. The average Bonchev–Trinajstić information content (AvgIpc) is 1.61. The number of hydrogen-bond acceptors (Lipinski definition) is 3. The minimum Gasteiger partial charge on any atom is -0.419 e. The Balaban J connectivity index is 2.73. The molecule has 0 bridgehead atoms. The van der Waals surface area contributed by atoms with Crippen molar-refractivity contribution in [2.24, 2.45) is 5.90 Å². The van der Waals surface area contributed by atoms with E-state index in [-0.39, 0.29) is 0 Å². The van der Waals surface area contributed by atoms with Crippen molar-refractivity contribution < 1.29 is 4.84 Å². The Labute approximate surface area is 41.3 Å². The first-order chi connectivity index (χ1) is 2.91. The molecule has 2 nitrogen and oxygen atoms in total. The Bertz CT molecular complexity index is 40.1. The van der Waals surface area contributed by atoms with Gasteiger partial charge in [-0.25, -0.2) is 0 Å². The van der Waals surface area contributed by atoms with Crippen molar-refractivity contribution in [2.75, 3.05) is 6.26 Å². The molecule has 3 heteroatoms. The molecule has 0 aromatic rings. The molecule has 0 atom stereocenters. The summed E-state index contributed by atoms with van der Waals surface area (Å²) in [5, 5.41) is 1.75. The molecule has 2 N–H and O–H groups in total. The minimum absolute atomic E-state index is 1.42. The molecule has 0 aromatic heterocycles. The van der Waals surface area contributed by atoms with Crippen molar-refractivity contribution in [3.63, 3.8) is 0 Å². The highest BCUT2D eigenvalue weighted by atomic mass is 32.2. The van der Waals surface area contributed by atoms with Gasteiger partial charge < -0.3 is 4.84 Å². The van der Waals surface area contributed by atoms with E-state index < -0.39 is 0 Å². The van der Waals surface area contributed by atoms with Crippen LogP contribution >= 0.6 is 11.8 Å². The van der Waals surface area contributed by atoms with Gasteiger partial charge in [0, 0.05) is 5.41 Å². The highest BCUT2D eigenvalue weighted by molar-refractivity contribution is 8.01. The van der Waals surface area contributed by atoms with Gasteiger partial charge in [0.1, 0.15) is 6.26 Å². The summed E-state index contributed by atoms with van der Waals surface area (Å²) in [6.45, 7) is 0. The summed E-state index contributed by atoms with van der Waals surface area (Å²) in [6.07, 6.45) is 3.35. The molecular formula is C3H7NOS. The summed E-state index contributed by atoms with van der Waals surface area (Å²) >= 11 is 1.54. The summed E-state index contributed by atoms with van der Waals surface area (Å²) in [7, 11) is 0. The quantitative estimate of drug-likeness (QED) is 0.415. The number of thioether (sulfide) groups is 1. The van der Waals surface area contributed by atoms with Gasteiger partial charge >= 0.3 is 0 Å². The van der Waals surface area contributed by atoms with Crippen LogP contribution in [0.25, 0.3) is 0 Å². The van der Waals surface area contributed by atoms with Gasteiger partial charge in [-0.15, -0.1) is 11.8 Å². The molecule has 0 amide bonds. The lowest BCUT2D eigenvalue weighted by Gasteiger charge is -1.79. The van der Waals surface area contributed by atoms with E-state index in [0.29, 0.717) is 0 Å². The Kier molecular flexibility index (Phi) is 4.73. The van der Waals surface area contributed by atoms with E-state index in [4.69, 9.17) is 0 Å². The highest BCUT2D eigenvalue weighted by Gasteiger charge is 1.58. The van der Waals surface area contributed by atoms with Crippen molar-refractivity contribution in [2.45, 2.75) is 0 Å². The lowest BCUT2D eigenvalue weighted by molar-refractivity contribution is 0.262. The van der Waals surface area contributed by atoms with Crippen molar-refractivity contribution >= 4 is 11.8 Å². The highest BCUT2D eigenvalue weighted by Crippen LogP contribution is 1.90. The summed E-state index contributed by atoms with van der Waals surface area (Å²) in [5.41, 5.74) is 0. The first-order valence-electron chi connectivity index (χ1n) is 1.45. The molecule has 0 spiro atoms. The Morgan fingerprint density at radius 3 is 2.67 bits per heavy atom. The minimum atomic E-state index is 1.42. The van der Waals surface area contributed by atoms with Crippen LogP contribution in [0.15, 0.2) is 11.7 Å². The molecule has 0 aliphatic rings. The van der Waals surface area contributed by atoms with Gasteiger partial charge in [-0.1, -0.05) is 0 Å². The maximum Gasteiger partial charge on any atom is 0.117 e. The van der Waals surface area contributed by atoms with Crippen molar-refractivity contribution in [1.82, 2.24) is 0 Å². The molecule has 0 saturated heterocycles. The zero-order valence-corrected chi connectivity index (χ0v) is 4.37. The van der Waals surface area contributed by atoms with Gasteiger partial charge in [-0.05, 0) is 6.26 Å².